The van der Waals surface area contributed by atoms with Gasteiger partial charge in [0.25, 0.3) is 0 Å². The van der Waals surface area contributed by atoms with Gasteiger partial charge in [-0.05, 0) is 34.6 Å². The first-order valence-corrected chi connectivity index (χ1v) is 4.97. The van der Waals surface area contributed by atoms with Crippen LogP contribution in [0.1, 0.15) is 34.6 Å². The van der Waals surface area contributed by atoms with E-state index in [9.17, 15) is 4.79 Å². The van der Waals surface area contributed by atoms with Crippen molar-refractivity contribution in [1.29, 1.82) is 0 Å². The molecule has 0 spiro atoms. The third-order valence-corrected chi connectivity index (χ3v) is 1.58. The second-order valence-corrected chi connectivity index (χ2v) is 7.00. The van der Waals surface area contributed by atoms with Gasteiger partial charge in [0.05, 0.1) is 3.42 Å². The quantitative estimate of drug-likeness (QED) is 0.459. The highest BCUT2D eigenvalue weighted by atomic mass is 127. The zero-order valence-electron chi connectivity index (χ0n) is 8.29. The van der Waals surface area contributed by atoms with E-state index >= 15 is 0 Å². The van der Waals surface area contributed by atoms with Crippen LogP contribution in [-0.2, 0) is 4.79 Å². The van der Waals surface area contributed by atoms with Gasteiger partial charge in [-0.2, -0.15) is 0 Å². The van der Waals surface area contributed by atoms with Gasteiger partial charge in [0.15, 0.2) is 0 Å². The molecule has 1 amide bonds. The third-order valence-electron chi connectivity index (χ3n) is 1.09. The van der Waals surface area contributed by atoms with Gasteiger partial charge < -0.3 is 0 Å². The smallest absolute Gasteiger partial charge is 0.249 e. The van der Waals surface area contributed by atoms with Crippen molar-refractivity contribution in [1.82, 2.24) is 10.9 Å². The summed E-state index contributed by atoms with van der Waals surface area (Å²) in [4.78, 5) is 11.3. The Morgan fingerprint density at radius 1 is 1.17 bits per heavy atom. The van der Waals surface area contributed by atoms with Crippen LogP contribution in [0.25, 0.3) is 0 Å². The maximum atomic E-state index is 11.3. The molecule has 0 saturated heterocycles. The number of hydrazine groups is 1. The Labute approximate surface area is 87.8 Å². The summed E-state index contributed by atoms with van der Waals surface area (Å²) in [6, 6.07) is 0. The molecule has 0 unspecified atom stereocenters. The molecule has 72 valence electrons. The van der Waals surface area contributed by atoms with E-state index in [-0.39, 0.29) is 14.9 Å². The summed E-state index contributed by atoms with van der Waals surface area (Å²) in [6.07, 6.45) is 0. The second-order valence-electron chi connectivity index (χ2n) is 4.30. The van der Waals surface area contributed by atoms with E-state index in [1.807, 2.05) is 34.6 Å². The van der Waals surface area contributed by atoms with E-state index in [1.54, 1.807) is 0 Å². The second kappa shape index (κ2) is 3.91. The van der Waals surface area contributed by atoms with Crippen LogP contribution in [0, 0.1) is 0 Å². The van der Waals surface area contributed by atoms with E-state index < -0.39 is 0 Å². The largest absolute Gasteiger partial charge is 0.290 e. The number of alkyl halides is 1. The zero-order chi connectivity index (χ0) is 9.99. The lowest BCUT2D eigenvalue weighted by Gasteiger charge is -2.24. The number of hydrogen-bond donors (Lipinski definition) is 2. The predicted molar refractivity (Wildman–Crippen MR) is 59.1 cm³/mol. The molecule has 0 aliphatic carbocycles. The van der Waals surface area contributed by atoms with Gasteiger partial charge in [0.2, 0.25) is 5.91 Å². The van der Waals surface area contributed by atoms with Crippen LogP contribution >= 0.6 is 22.6 Å². The summed E-state index contributed by atoms with van der Waals surface area (Å²) in [7, 11) is 0. The number of hydrogen-bond acceptors (Lipinski definition) is 2. The number of nitrogens with one attached hydrogen (secondary N) is 2. The Kier molecular flexibility index (Phi) is 3.96. The van der Waals surface area contributed by atoms with E-state index in [2.05, 4.69) is 33.4 Å². The normalized spacial score (nSPS) is 12.8. The van der Waals surface area contributed by atoms with Gasteiger partial charge in [-0.1, -0.05) is 22.6 Å². The van der Waals surface area contributed by atoms with Gasteiger partial charge in [-0.15, -0.1) is 0 Å². The predicted octanol–water partition coefficient (Wildman–Crippen LogP) is 1.62. The number of carbonyl (C=O) groups is 1. The summed E-state index contributed by atoms with van der Waals surface area (Å²) < 4.78 is -0.365. The molecule has 0 heterocycles. The van der Waals surface area contributed by atoms with E-state index in [0.29, 0.717) is 0 Å². The molecule has 0 fully saturated rings. The first-order chi connectivity index (χ1) is 5.13. The number of halogens is 1. The van der Waals surface area contributed by atoms with Crippen LogP contribution in [0.15, 0.2) is 0 Å². The molecule has 0 bridgehead atoms. The highest BCUT2D eigenvalue weighted by Gasteiger charge is 2.24. The molecule has 2 N–H and O–H groups in total. The Bertz CT molecular complexity index is 167. The average molecular weight is 284 g/mol. The standard InChI is InChI=1S/C8H17IN2O/c1-7(2,3)11-10-6(12)8(4,5)9/h11H,1-5H3,(H,10,12). The van der Waals surface area contributed by atoms with Crippen molar-refractivity contribution >= 4 is 28.5 Å². The molecule has 0 aromatic heterocycles. The molecule has 0 aliphatic heterocycles. The van der Waals surface area contributed by atoms with E-state index in [0.717, 1.165) is 0 Å². The minimum Gasteiger partial charge on any atom is -0.290 e. The van der Waals surface area contributed by atoms with E-state index in [4.69, 9.17) is 0 Å². The molecule has 0 atom stereocenters. The van der Waals surface area contributed by atoms with Crippen LogP contribution in [0.2, 0.25) is 0 Å². The van der Waals surface area contributed by atoms with Crippen molar-refractivity contribution in [2.24, 2.45) is 0 Å². The van der Waals surface area contributed by atoms with Crippen molar-refractivity contribution in [2.75, 3.05) is 0 Å². The first-order valence-electron chi connectivity index (χ1n) is 3.89. The van der Waals surface area contributed by atoms with Crippen molar-refractivity contribution in [3.63, 3.8) is 0 Å². The fraction of sp³-hybridized carbons (Fsp3) is 0.875. The molecule has 0 aromatic rings. The molecular weight excluding hydrogens is 267 g/mol. The minimum absolute atomic E-state index is 0.00183. The Morgan fingerprint density at radius 3 is 1.83 bits per heavy atom. The molecule has 0 rings (SSSR count). The monoisotopic (exact) mass is 284 g/mol. The number of rotatable bonds is 2. The molecular formula is C8H17IN2O. The summed E-state index contributed by atoms with van der Waals surface area (Å²) in [6.45, 7) is 9.72. The van der Waals surface area contributed by atoms with Gasteiger partial charge in [-0.25, -0.2) is 5.43 Å². The molecule has 0 aliphatic rings. The molecule has 0 saturated carbocycles. The minimum atomic E-state index is -0.365. The van der Waals surface area contributed by atoms with Crippen molar-refractivity contribution < 1.29 is 4.79 Å². The van der Waals surface area contributed by atoms with Crippen molar-refractivity contribution in [2.45, 2.75) is 43.6 Å². The van der Waals surface area contributed by atoms with Crippen LogP contribution in [0.5, 0.6) is 0 Å². The van der Waals surface area contributed by atoms with Gasteiger partial charge in [-0.3, -0.25) is 10.2 Å². The summed E-state index contributed by atoms with van der Waals surface area (Å²) >= 11 is 2.10. The van der Waals surface area contributed by atoms with Crippen LogP contribution < -0.4 is 10.9 Å². The molecule has 3 nitrogen and oxygen atoms in total. The summed E-state index contributed by atoms with van der Waals surface area (Å²) in [5, 5.41) is 0. The van der Waals surface area contributed by atoms with Crippen LogP contribution in [-0.4, -0.2) is 14.9 Å². The highest BCUT2D eigenvalue weighted by molar-refractivity contribution is 14.1. The summed E-state index contributed by atoms with van der Waals surface area (Å²) in [5.41, 5.74) is 5.50. The fourth-order valence-electron chi connectivity index (χ4n) is 0.393. The molecule has 0 radical (unpaired) electrons. The lowest BCUT2D eigenvalue weighted by molar-refractivity contribution is -0.123. The SMILES string of the molecule is CC(C)(C)NNC(=O)C(C)(C)I. The maximum Gasteiger partial charge on any atom is 0.249 e. The Hall–Kier alpha value is 0.160. The summed E-state index contributed by atoms with van der Waals surface area (Å²) in [5.74, 6) is -0.00183. The molecule has 12 heavy (non-hydrogen) atoms. The van der Waals surface area contributed by atoms with Crippen molar-refractivity contribution in [3.8, 4) is 0 Å². The van der Waals surface area contributed by atoms with Gasteiger partial charge in [0.1, 0.15) is 0 Å². The number of amides is 1. The highest BCUT2D eigenvalue weighted by Crippen LogP contribution is 2.15. The average Bonchev–Trinajstić information content (AvgIpc) is 1.78. The third kappa shape index (κ3) is 5.77. The number of carbonyl (C=O) groups excluding carboxylic acids is 1. The lowest BCUT2D eigenvalue weighted by Crippen LogP contribution is -2.52. The lowest BCUT2D eigenvalue weighted by atomic mass is 10.1. The van der Waals surface area contributed by atoms with E-state index in [1.165, 1.54) is 0 Å². The van der Waals surface area contributed by atoms with Crippen LogP contribution in [0.4, 0.5) is 0 Å². The van der Waals surface area contributed by atoms with Gasteiger partial charge >= 0.3 is 0 Å². The first kappa shape index (κ1) is 12.2. The molecule has 4 heteroatoms. The topological polar surface area (TPSA) is 41.1 Å². The zero-order valence-corrected chi connectivity index (χ0v) is 10.4. The van der Waals surface area contributed by atoms with Crippen molar-refractivity contribution in [3.05, 3.63) is 0 Å². The van der Waals surface area contributed by atoms with Gasteiger partial charge in [0, 0.05) is 5.54 Å². The fourth-order valence-corrected chi connectivity index (χ4v) is 0.528. The van der Waals surface area contributed by atoms with Crippen LogP contribution in [0.3, 0.4) is 0 Å². The Morgan fingerprint density at radius 2 is 1.58 bits per heavy atom. The Balaban J connectivity index is 3.90. The molecule has 0 aromatic carbocycles. The maximum absolute atomic E-state index is 11.3.